The lowest BCUT2D eigenvalue weighted by atomic mass is 10.1. The first-order chi connectivity index (χ1) is 18.3. The first-order valence-corrected chi connectivity index (χ1v) is 13.8. The highest BCUT2D eigenvalue weighted by molar-refractivity contribution is 7.97. The Morgan fingerprint density at radius 1 is 0.216 bits per heavy atom. The van der Waals surface area contributed by atoms with Crippen molar-refractivity contribution in [3.8, 4) is 33.4 Å². The van der Waals surface area contributed by atoms with E-state index in [1.165, 1.54) is 48.1 Å². The van der Waals surface area contributed by atoms with Crippen LogP contribution in [0.5, 0.6) is 0 Å². The Morgan fingerprint density at radius 2 is 0.432 bits per heavy atom. The maximum absolute atomic E-state index is 2.29. The summed E-state index contributed by atoms with van der Waals surface area (Å²) in [4.78, 5) is 3.96. The van der Waals surface area contributed by atoms with E-state index in [0.717, 1.165) is 0 Å². The average Bonchev–Trinajstić information content (AvgIpc) is 3.00. The molecule has 6 aromatic carbocycles. The number of benzene rings is 6. The molecule has 176 valence electrons. The van der Waals surface area contributed by atoms with Crippen LogP contribution in [0.2, 0.25) is 0 Å². The molecule has 0 aromatic heterocycles. The molecule has 0 spiro atoms. The summed E-state index contributed by atoms with van der Waals surface area (Å²) in [7, 11) is -0.209. The van der Waals surface area contributed by atoms with Gasteiger partial charge in [-0.25, -0.2) is 0 Å². The SMILES string of the molecule is c1ccc(-c2ccc([S+](c3ccc(-c4ccccc4)cc3)c3ccc(-c4ccccc4)cc3)cc2)cc1. The van der Waals surface area contributed by atoms with E-state index in [4.69, 9.17) is 0 Å². The van der Waals surface area contributed by atoms with E-state index >= 15 is 0 Å². The fourth-order valence-electron chi connectivity index (χ4n) is 4.65. The summed E-state index contributed by atoms with van der Waals surface area (Å²) in [6, 6.07) is 59.0. The molecule has 0 bridgehead atoms. The molecule has 6 rings (SSSR count). The Balaban J connectivity index is 1.38. The van der Waals surface area contributed by atoms with Crippen LogP contribution >= 0.6 is 0 Å². The maximum atomic E-state index is 2.29. The fraction of sp³-hybridized carbons (Fsp3) is 0. The number of hydrogen-bond acceptors (Lipinski definition) is 0. The van der Waals surface area contributed by atoms with Gasteiger partial charge in [-0.05, 0) is 106 Å². The van der Waals surface area contributed by atoms with Crippen LogP contribution in [0.3, 0.4) is 0 Å². The van der Waals surface area contributed by atoms with Gasteiger partial charge in [-0.3, -0.25) is 0 Å². The molecule has 0 saturated heterocycles. The van der Waals surface area contributed by atoms with Crippen LogP contribution in [0.1, 0.15) is 0 Å². The van der Waals surface area contributed by atoms with E-state index in [-0.39, 0.29) is 10.9 Å². The molecular weight excluding hydrogens is 464 g/mol. The highest BCUT2D eigenvalue weighted by atomic mass is 32.2. The van der Waals surface area contributed by atoms with E-state index in [2.05, 4.69) is 164 Å². The van der Waals surface area contributed by atoms with Crippen LogP contribution in [-0.4, -0.2) is 0 Å². The lowest BCUT2D eigenvalue weighted by Gasteiger charge is -2.11. The van der Waals surface area contributed by atoms with Gasteiger partial charge in [-0.15, -0.1) is 0 Å². The van der Waals surface area contributed by atoms with Crippen molar-refractivity contribution in [2.24, 2.45) is 0 Å². The van der Waals surface area contributed by atoms with Gasteiger partial charge in [0.2, 0.25) is 0 Å². The smallest absolute Gasteiger partial charge is 0.0622 e. The second kappa shape index (κ2) is 10.7. The average molecular weight is 492 g/mol. The highest BCUT2D eigenvalue weighted by Crippen LogP contribution is 2.35. The predicted molar refractivity (Wildman–Crippen MR) is 158 cm³/mol. The van der Waals surface area contributed by atoms with Crippen molar-refractivity contribution in [2.75, 3.05) is 0 Å². The standard InChI is InChI=1S/C36H27S/c1-4-10-28(11-5-1)31-16-22-34(23-17-31)37(35-24-18-32(19-25-35)29-12-6-2-7-13-29)36-26-20-33(21-27-36)30-14-8-3-9-15-30/h1-27H/q+1. The third kappa shape index (κ3) is 5.14. The van der Waals surface area contributed by atoms with Gasteiger partial charge in [0, 0.05) is 0 Å². The van der Waals surface area contributed by atoms with Gasteiger partial charge in [0.25, 0.3) is 0 Å². The maximum Gasteiger partial charge on any atom is 0.166 e. The minimum atomic E-state index is -0.209. The fourth-order valence-corrected chi connectivity index (χ4v) is 6.69. The third-order valence-electron chi connectivity index (χ3n) is 6.59. The lowest BCUT2D eigenvalue weighted by Crippen LogP contribution is -2.05. The predicted octanol–water partition coefficient (Wildman–Crippen LogP) is 9.78. The summed E-state index contributed by atoms with van der Waals surface area (Å²) in [5.74, 6) is 0. The van der Waals surface area contributed by atoms with E-state index in [9.17, 15) is 0 Å². The van der Waals surface area contributed by atoms with Gasteiger partial charge in [0.05, 0.1) is 10.9 Å². The first-order valence-electron chi connectivity index (χ1n) is 12.6. The van der Waals surface area contributed by atoms with Gasteiger partial charge < -0.3 is 0 Å². The van der Waals surface area contributed by atoms with Gasteiger partial charge in [0.15, 0.2) is 14.7 Å². The molecule has 0 aliphatic heterocycles. The van der Waals surface area contributed by atoms with Crippen LogP contribution in [0.25, 0.3) is 33.4 Å². The molecule has 1 heteroatoms. The molecule has 6 aromatic rings. The Kier molecular flexibility index (Phi) is 6.70. The van der Waals surface area contributed by atoms with Gasteiger partial charge in [-0.1, -0.05) is 91.0 Å². The van der Waals surface area contributed by atoms with E-state index in [1.54, 1.807) is 0 Å². The van der Waals surface area contributed by atoms with Gasteiger partial charge >= 0.3 is 0 Å². The molecule has 0 saturated carbocycles. The zero-order chi connectivity index (χ0) is 24.9. The van der Waals surface area contributed by atoms with Crippen LogP contribution in [0, 0.1) is 0 Å². The molecule has 0 N–H and O–H groups in total. The van der Waals surface area contributed by atoms with Crippen molar-refractivity contribution in [3.05, 3.63) is 164 Å². The molecule has 0 radical (unpaired) electrons. The Bertz CT molecular complexity index is 1360. The monoisotopic (exact) mass is 491 g/mol. The van der Waals surface area contributed by atoms with Crippen molar-refractivity contribution in [3.63, 3.8) is 0 Å². The molecule has 0 nitrogen and oxygen atoms in total. The number of rotatable bonds is 6. The van der Waals surface area contributed by atoms with E-state index < -0.39 is 0 Å². The topological polar surface area (TPSA) is 0 Å². The molecule has 0 fully saturated rings. The largest absolute Gasteiger partial charge is 0.166 e. The zero-order valence-corrected chi connectivity index (χ0v) is 21.3. The minimum absolute atomic E-state index is 0.209. The van der Waals surface area contributed by atoms with E-state index in [0.29, 0.717) is 0 Å². The molecule has 0 heterocycles. The van der Waals surface area contributed by atoms with Crippen molar-refractivity contribution in [2.45, 2.75) is 14.7 Å². The summed E-state index contributed by atoms with van der Waals surface area (Å²) < 4.78 is 0. The second-order valence-electron chi connectivity index (χ2n) is 8.98. The molecule has 0 atom stereocenters. The molecule has 0 amide bonds. The molecule has 0 aliphatic carbocycles. The second-order valence-corrected chi connectivity index (χ2v) is 11.0. The molecule has 0 aliphatic rings. The van der Waals surface area contributed by atoms with Crippen LogP contribution in [0.4, 0.5) is 0 Å². The van der Waals surface area contributed by atoms with E-state index in [1.807, 2.05) is 0 Å². The summed E-state index contributed by atoms with van der Waals surface area (Å²) in [6.07, 6.45) is 0. The molecule has 37 heavy (non-hydrogen) atoms. The van der Waals surface area contributed by atoms with Crippen molar-refractivity contribution >= 4 is 10.9 Å². The third-order valence-corrected chi connectivity index (χ3v) is 8.82. The summed E-state index contributed by atoms with van der Waals surface area (Å²) in [5, 5.41) is 0. The summed E-state index contributed by atoms with van der Waals surface area (Å²) in [6.45, 7) is 0. The Labute approximate surface area is 222 Å². The highest BCUT2D eigenvalue weighted by Gasteiger charge is 2.28. The van der Waals surface area contributed by atoms with Crippen molar-refractivity contribution < 1.29 is 0 Å². The quantitative estimate of drug-likeness (QED) is 0.203. The van der Waals surface area contributed by atoms with Gasteiger partial charge in [0.1, 0.15) is 0 Å². The normalized spacial score (nSPS) is 10.9. The van der Waals surface area contributed by atoms with Crippen LogP contribution in [0.15, 0.2) is 178 Å². The lowest BCUT2D eigenvalue weighted by molar-refractivity contribution is 1.32. The minimum Gasteiger partial charge on any atom is -0.0622 e. The zero-order valence-electron chi connectivity index (χ0n) is 20.5. The summed E-state index contributed by atoms with van der Waals surface area (Å²) in [5.41, 5.74) is 7.46. The van der Waals surface area contributed by atoms with Crippen molar-refractivity contribution in [1.29, 1.82) is 0 Å². The Hall–Kier alpha value is -4.33. The first kappa shape index (κ1) is 23.1. The van der Waals surface area contributed by atoms with Gasteiger partial charge in [-0.2, -0.15) is 0 Å². The van der Waals surface area contributed by atoms with Crippen LogP contribution < -0.4 is 0 Å². The molecular formula is C36H27S+. The summed E-state index contributed by atoms with van der Waals surface area (Å²) >= 11 is 0. The van der Waals surface area contributed by atoms with Crippen molar-refractivity contribution in [1.82, 2.24) is 0 Å². The molecule has 0 unspecified atom stereocenters. The van der Waals surface area contributed by atoms with Crippen LogP contribution in [-0.2, 0) is 10.9 Å². The number of hydrogen-bond donors (Lipinski definition) is 0. The Morgan fingerprint density at radius 3 is 0.676 bits per heavy atom.